The quantitative estimate of drug-likeness (QED) is 0.371. The lowest BCUT2D eigenvalue weighted by molar-refractivity contribution is 0.0589. The summed E-state index contributed by atoms with van der Waals surface area (Å²) in [7, 11) is 1.56. The van der Waals surface area contributed by atoms with E-state index in [1.807, 2.05) is 12.5 Å². The van der Waals surface area contributed by atoms with Gasteiger partial charge in [0, 0.05) is 12.4 Å². The Kier molecular flexibility index (Phi) is 5.27. The van der Waals surface area contributed by atoms with E-state index in [4.69, 9.17) is 4.74 Å². The van der Waals surface area contributed by atoms with Crippen LogP contribution in [0.3, 0.4) is 0 Å². The molecule has 144 valence electrons. The second kappa shape index (κ2) is 7.20. The van der Waals surface area contributed by atoms with Gasteiger partial charge in [0.2, 0.25) is 0 Å². The Morgan fingerprint density at radius 2 is 1.93 bits per heavy atom. The number of rotatable bonds is 3. The Balaban J connectivity index is 2.24. The molecule has 1 N–H and O–H groups in total. The molecule has 0 radical (unpaired) electrons. The highest BCUT2D eigenvalue weighted by molar-refractivity contribution is 7.99. The van der Waals surface area contributed by atoms with E-state index in [1.165, 1.54) is 40.6 Å². The van der Waals surface area contributed by atoms with E-state index in [9.17, 15) is 9.18 Å². The Morgan fingerprint density at radius 3 is 2.52 bits per heavy atom. The molecule has 27 heavy (non-hydrogen) atoms. The van der Waals surface area contributed by atoms with Crippen LogP contribution in [-0.4, -0.2) is 46.2 Å². The smallest absolute Gasteiger partial charge is 0.414 e. The van der Waals surface area contributed by atoms with Crippen LogP contribution in [-0.2, 0) is 4.74 Å². The SMILES string of the molecule is CSc1nc(SC)c2c(n1)[nH]c1c(N(C)C(=O)OC(C)(C)C)cc(F)cc12. The molecule has 0 unspecified atom stereocenters. The molecule has 1 aromatic carbocycles. The molecule has 2 heterocycles. The molecule has 3 rings (SSSR count). The average Bonchev–Trinajstić information content (AvgIpc) is 2.96. The zero-order chi connectivity index (χ0) is 19.9. The molecule has 9 heteroatoms. The fourth-order valence-corrected chi connectivity index (χ4v) is 3.74. The van der Waals surface area contributed by atoms with Gasteiger partial charge in [0.05, 0.1) is 16.6 Å². The second-order valence-corrected chi connectivity index (χ2v) is 8.52. The van der Waals surface area contributed by atoms with Gasteiger partial charge in [-0.1, -0.05) is 11.8 Å². The standard InChI is InChI=1S/C18H21FN4O2S2/c1-18(2,3)25-17(24)23(4)11-8-9(19)7-10-12-14(20-13(10)11)21-16(27-6)22-15(12)26-5/h7-8H,1-6H3,(H,20,21,22). The van der Waals surface area contributed by atoms with Crippen LogP contribution in [0.1, 0.15) is 20.8 Å². The van der Waals surface area contributed by atoms with Crippen molar-refractivity contribution >= 4 is 57.2 Å². The third kappa shape index (κ3) is 3.84. The molecular formula is C18H21FN4O2S2. The molecule has 3 aromatic rings. The molecule has 2 aromatic heterocycles. The molecule has 0 saturated carbocycles. The van der Waals surface area contributed by atoms with E-state index in [0.717, 1.165) is 10.4 Å². The highest BCUT2D eigenvalue weighted by atomic mass is 32.2. The number of fused-ring (bicyclic) bond motifs is 3. The summed E-state index contributed by atoms with van der Waals surface area (Å²) in [5, 5.41) is 2.76. The van der Waals surface area contributed by atoms with Crippen LogP contribution in [0.4, 0.5) is 14.9 Å². The zero-order valence-electron chi connectivity index (χ0n) is 16.0. The van der Waals surface area contributed by atoms with Crippen molar-refractivity contribution in [3.63, 3.8) is 0 Å². The van der Waals surface area contributed by atoms with Crippen molar-refractivity contribution < 1.29 is 13.9 Å². The van der Waals surface area contributed by atoms with E-state index in [-0.39, 0.29) is 0 Å². The van der Waals surface area contributed by atoms with Gasteiger partial charge in [0.1, 0.15) is 22.1 Å². The number of nitrogens with one attached hydrogen (secondary N) is 1. The van der Waals surface area contributed by atoms with Gasteiger partial charge >= 0.3 is 6.09 Å². The first kappa shape index (κ1) is 19.8. The predicted molar refractivity (Wildman–Crippen MR) is 110 cm³/mol. The Morgan fingerprint density at radius 1 is 1.22 bits per heavy atom. The molecule has 0 spiro atoms. The minimum atomic E-state index is -0.650. The molecule has 0 aliphatic heterocycles. The number of H-pyrrole nitrogens is 1. The molecule has 0 bridgehead atoms. The summed E-state index contributed by atoms with van der Waals surface area (Å²) in [5.41, 5.74) is 0.957. The maximum Gasteiger partial charge on any atom is 0.414 e. The number of halogens is 1. The van der Waals surface area contributed by atoms with Gasteiger partial charge in [-0.2, -0.15) is 0 Å². The van der Waals surface area contributed by atoms with Gasteiger partial charge < -0.3 is 9.72 Å². The number of carbonyl (C=O) groups is 1. The van der Waals surface area contributed by atoms with Crippen molar-refractivity contribution in [3.05, 3.63) is 17.9 Å². The minimum absolute atomic E-state index is 0.384. The Bertz CT molecular complexity index is 1030. The summed E-state index contributed by atoms with van der Waals surface area (Å²) < 4.78 is 19.8. The van der Waals surface area contributed by atoms with E-state index in [1.54, 1.807) is 27.8 Å². The van der Waals surface area contributed by atoms with Gasteiger partial charge in [0.15, 0.2) is 5.16 Å². The normalized spacial score (nSPS) is 12.0. The molecule has 0 fully saturated rings. The lowest BCUT2D eigenvalue weighted by Crippen LogP contribution is -2.34. The number of benzene rings is 1. The fraction of sp³-hybridized carbons (Fsp3) is 0.389. The summed E-state index contributed by atoms with van der Waals surface area (Å²) in [4.78, 5) is 26.0. The van der Waals surface area contributed by atoms with Crippen LogP contribution < -0.4 is 4.90 Å². The van der Waals surface area contributed by atoms with Crippen molar-refractivity contribution in [2.45, 2.75) is 36.6 Å². The molecule has 1 amide bonds. The summed E-state index contributed by atoms with van der Waals surface area (Å²) >= 11 is 2.90. The number of ether oxygens (including phenoxy) is 1. The average molecular weight is 409 g/mol. The number of thioether (sulfide) groups is 2. The largest absolute Gasteiger partial charge is 0.443 e. The van der Waals surface area contributed by atoms with Crippen LogP contribution in [0.15, 0.2) is 22.3 Å². The van der Waals surface area contributed by atoms with Crippen LogP contribution >= 0.6 is 23.5 Å². The highest BCUT2D eigenvalue weighted by Crippen LogP contribution is 2.37. The number of anilines is 1. The summed E-state index contributed by atoms with van der Waals surface area (Å²) in [6.45, 7) is 5.35. The molecule has 0 saturated heterocycles. The first-order valence-electron chi connectivity index (χ1n) is 8.22. The molecule has 6 nitrogen and oxygen atoms in total. The Hall–Kier alpha value is -2.00. The van der Waals surface area contributed by atoms with Gasteiger partial charge in [0.25, 0.3) is 0 Å². The number of amides is 1. The predicted octanol–water partition coefficient (Wildman–Crippen LogP) is 5.07. The maximum absolute atomic E-state index is 14.4. The number of aromatic nitrogens is 3. The van der Waals surface area contributed by atoms with Crippen LogP contribution in [0.5, 0.6) is 0 Å². The molecular weight excluding hydrogens is 387 g/mol. The lowest BCUT2D eigenvalue weighted by Gasteiger charge is -2.25. The maximum atomic E-state index is 14.4. The monoisotopic (exact) mass is 408 g/mol. The zero-order valence-corrected chi connectivity index (χ0v) is 17.6. The molecule has 0 aliphatic rings. The highest BCUT2D eigenvalue weighted by Gasteiger charge is 2.24. The number of hydrogen-bond donors (Lipinski definition) is 1. The van der Waals surface area contributed by atoms with E-state index in [2.05, 4.69) is 15.0 Å². The second-order valence-electron chi connectivity index (χ2n) is 6.96. The lowest BCUT2D eigenvalue weighted by atomic mass is 10.1. The van der Waals surface area contributed by atoms with Crippen LogP contribution in [0.25, 0.3) is 21.9 Å². The van der Waals surface area contributed by atoms with E-state index < -0.39 is 17.5 Å². The van der Waals surface area contributed by atoms with Crippen molar-refractivity contribution in [2.24, 2.45) is 0 Å². The minimum Gasteiger partial charge on any atom is -0.443 e. The van der Waals surface area contributed by atoms with Gasteiger partial charge in [-0.25, -0.2) is 19.2 Å². The van der Waals surface area contributed by atoms with E-state index in [0.29, 0.717) is 27.4 Å². The van der Waals surface area contributed by atoms with Crippen LogP contribution in [0, 0.1) is 5.82 Å². The molecule has 0 atom stereocenters. The first-order chi connectivity index (χ1) is 12.6. The first-order valence-corrected chi connectivity index (χ1v) is 10.7. The van der Waals surface area contributed by atoms with Crippen molar-refractivity contribution in [1.29, 1.82) is 0 Å². The van der Waals surface area contributed by atoms with Gasteiger partial charge in [-0.05, 0) is 45.4 Å². The summed E-state index contributed by atoms with van der Waals surface area (Å²) in [6, 6.07) is 2.74. The number of aromatic amines is 1. The van der Waals surface area contributed by atoms with Crippen molar-refractivity contribution in [2.75, 3.05) is 24.5 Å². The fourth-order valence-electron chi connectivity index (χ4n) is 2.73. The summed E-state index contributed by atoms with van der Waals surface area (Å²) in [5.74, 6) is -0.449. The Labute approximate surface area is 165 Å². The number of nitrogens with zero attached hydrogens (tertiary/aromatic N) is 3. The number of hydrogen-bond acceptors (Lipinski definition) is 6. The third-order valence-electron chi connectivity index (χ3n) is 3.85. The van der Waals surface area contributed by atoms with Crippen molar-refractivity contribution in [3.8, 4) is 0 Å². The van der Waals surface area contributed by atoms with E-state index >= 15 is 0 Å². The van der Waals surface area contributed by atoms with Crippen LogP contribution in [0.2, 0.25) is 0 Å². The van der Waals surface area contributed by atoms with Gasteiger partial charge in [-0.3, -0.25) is 4.90 Å². The van der Waals surface area contributed by atoms with Crippen molar-refractivity contribution in [1.82, 2.24) is 15.0 Å². The number of carbonyl (C=O) groups excluding carboxylic acids is 1. The topological polar surface area (TPSA) is 71.1 Å². The molecule has 0 aliphatic carbocycles. The third-order valence-corrected chi connectivity index (χ3v) is 5.08. The summed E-state index contributed by atoms with van der Waals surface area (Å²) in [6.07, 6.45) is 3.25. The van der Waals surface area contributed by atoms with Gasteiger partial charge in [-0.15, -0.1) is 11.8 Å².